The summed E-state index contributed by atoms with van der Waals surface area (Å²) >= 11 is 13.6. The van der Waals surface area contributed by atoms with Crippen LogP contribution in [0.25, 0.3) is 38.9 Å². The van der Waals surface area contributed by atoms with Crippen molar-refractivity contribution in [3.8, 4) is 39.6 Å². The van der Waals surface area contributed by atoms with Crippen molar-refractivity contribution in [2.24, 2.45) is 0 Å². The third-order valence-corrected chi connectivity index (χ3v) is 11.3. The van der Waals surface area contributed by atoms with Crippen molar-refractivity contribution in [2.75, 3.05) is 71.8 Å². The molecular weight excluding hydrogens is 705 g/mol. The number of rotatable bonds is 10. The number of piperazine rings is 1. The molecule has 16 heteroatoms. The lowest BCUT2D eigenvalue weighted by Crippen LogP contribution is -2.51. The standard InChI is InChI=1S/C34H35Cl2N7O6S/c1-7-30(44)39-24-15-21(27(47-4)17-26(24)41-10-12-42(13-11-41)50(45,46)40(2)3)23-16-25-20(19-38-23)14-22(34-37-8-9-43(25)34)31-32(35)28(48-5)18-29(49-6)33(31)36/h7-9,14-19H,1,10-13H2,2-6H3,(H,39,44). The first-order valence-corrected chi connectivity index (χ1v) is 17.5. The van der Waals surface area contributed by atoms with Crippen LogP contribution in [0, 0.1) is 0 Å². The number of nitrogens with one attached hydrogen (secondary N) is 1. The maximum atomic E-state index is 12.7. The highest BCUT2D eigenvalue weighted by atomic mass is 35.5. The monoisotopic (exact) mass is 739 g/mol. The SMILES string of the molecule is C=CC(=O)Nc1cc(-c2cc3c(cn2)cc(-c2c(Cl)c(OC)cc(OC)c2Cl)c2nccn23)c(OC)cc1N1CCN(S(=O)(=O)N(C)C)CC1. The fraction of sp³-hybridized carbons (Fsp3) is 0.265. The molecule has 4 heterocycles. The minimum atomic E-state index is -3.56. The predicted molar refractivity (Wildman–Crippen MR) is 196 cm³/mol. The molecule has 6 rings (SSSR count). The Hall–Kier alpha value is -4.60. The Morgan fingerprint density at radius 3 is 2.18 bits per heavy atom. The smallest absolute Gasteiger partial charge is 0.281 e. The molecule has 1 saturated heterocycles. The van der Waals surface area contributed by atoms with Crippen LogP contribution < -0.4 is 24.4 Å². The first-order chi connectivity index (χ1) is 23.9. The molecule has 1 aliphatic rings. The summed E-state index contributed by atoms with van der Waals surface area (Å²) in [7, 11) is 4.05. The molecule has 1 aliphatic heterocycles. The number of anilines is 2. The highest BCUT2D eigenvalue weighted by Crippen LogP contribution is 2.48. The Kier molecular flexibility index (Phi) is 9.84. The van der Waals surface area contributed by atoms with Gasteiger partial charge in [0.05, 0.1) is 54.0 Å². The highest BCUT2D eigenvalue weighted by molar-refractivity contribution is 7.86. The number of ether oxygens (including phenoxy) is 3. The number of methoxy groups -OCH3 is 3. The van der Waals surface area contributed by atoms with E-state index in [2.05, 4.69) is 16.9 Å². The summed E-state index contributed by atoms with van der Waals surface area (Å²) in [5, 5.41) is 4.31. The Balaban J connectivity index is 1.46. The van der Waals surface area contributed by atoms with Crippen molar-refractivity contribution in [2.45, 2.75) is 0 Å². The number of hydrogen-bond acceptors (Lipinski definition) is 9. The Morgan fingerprint density at radius 2 is 1.58 bits per heavy atom. The van der Waals surface area contributed by atoms with Crippen LogP contribution in [0.3, 0.4) is 0 Å². The minimum absolute atomic E-state index is 0.271. The second-order valence-corrected chi connectivity index (χ2v) is 14.4. The van der Waals surface area contributed by atoms with Gasteiger partial charge in [0, 0.05) is 93.1 Å². The maximum absolute atomic E-state index is 12.7. The predicted octanol–water partition coefficient (Wildman–Crippen LogP) is 5.60. The zero-order valence-electron chi connectivity index (χ0n) is 28.0. The molecule has 3 aromatic heterocycles. The number of hydrogen-bond donors (Lipinski definition) is 1. The van der Waals surface area contributed by atoms with E-state index < -0.39 is 16.1 Å². The number of benzene rings is 2. The van der Waals surface area contributed by atoms with Gasteiger partial charge in [0.15, 0.2) is 0 Å². The second-order valence-electron chi connectivity index (χ2n) is 11.5. The van der Waals surface area contributed by atoms with Crippen molar-refractivity contribution in [1.82, 2.24) is 23.0 Å². The molecular formula is C34H35Cl2N7O6S. The molecule has 13 nitrogen and oxygen atoms in total. The molecule has 1 amide bonds. The summed E-state index contributed by atoms with van der Waals surface area (Å²) in [4.78, 5) is 24.1. The molecule has 5 aromatic rings. The summed E-state index contributed by atoms with van der Waals surface area (Å²) in [5.74, 6) is 0.905. The van der Waals surface area contributed by atoms with Crippen LogP contribution >= 0.6 is 23.2 Å². The van der Waals surface area contributed by atoms with E-state index in [1.807, 2.05) is 33.7 Å². The zero-order chi connectivity index (χ0) is 35.9. The molecule has 0 radical (unpaired) electrons. The first kappa shape index (κ1) is 35.2. The molecule has 1 N–H and O–H groups in total. The number of fused-ring (bicyclic) bond motifs is 3. The molecule has 0 atom stereocenters. The number of carbonyl (C=O) groups is 1. The number of aromatic nitrogens is 3. The van der Waals surface area contributed by atoms with Gasteiger partial charge in [-0.2, -0.15) is 17.0 Å². The fourth-order valence-corrected chi connectivity index (χ4v) is 7.81. The van der Waals surface area contributed by atoms with Crippen LogP contribution in [0.15, 0.2) is 61.6 Å². The lowest BCUT2D eigenvalue weighted by molar-refractivity contribution is -0.111. The van der Waals surface area contributed by atoms with E-state index in [0.29, 0.717) is 79.8 Å². The molecule has 262 valence electrons. The largest absolute Gasteiger partial charge is 0.496 e. The highest BCUT2D eigenvalue weighted by Gasteiger charge is 2.30. The minimum Gasteiger partial charge on any atom is -0.496 e. The lowest BCUT2D eigenvalue weighted by Gasteiger charge is -2.37. The van der Waals surface area contributed by atoms with Crippen molar-refractivity contribution in [3.05, 3.63) is 71.6 Å². The van der Waals surface area contributed by atoms with E-state index in [1.165, 1.54) is 43.0 Å². The average Bonchev–Trinajstić information content (AvgIpc) is 3.62. The molecule has 0 aliphatic carbocycles. The van der Waals surface area contributed by atoms with E-state index in [9.17, 15) is 13.2 Å². The normalized spacial score (nSPS) is 14.0. The molecule has 0 saturated carbocycles. The van der Waals surface area contributed by atoms with Gasteiger partial charge in [0.1, 0.15) is 22.9 Å². The summed E-state index contributed by atoms with van der Waals surface area (Å²) in [5.41, 5.74) is 4.89. The van der Waals surface area contributed by atoms with Gasteiger partial charge in [0.2, 0.25) is 5.91 Å². The van der Waals surface area contributed by atoms with Gasteiger partial charge in [0.25, 0.3) is 10.2 Å². The zero-order valence-corrected chi connectivity index (χ0v) is 30.4. The van der Waals surface area contributed by atoms with Gasteiger partial charge < -0.3 is 24.4 Å². The van der Waals surface area contributed by atoms with E-state index in [-0.39, 0.29) is 13.1 Å². The van der Waals surface area contributed by atoms with E-state index >= 15 is 0 Å². The van der Waals surface area contributed by atoms with Crippen molar-refractivity contribution in [3.63, 3.8) is 0 Å². The molecule has 50 heavy (non-hydrogen) atoms. The average molecular weight is 741 g/mol. The summed E-state index contributed by atoms with van der Waals surface area (Å²) < 4.78 is 46.9. The van der Waals surface area contributed by atoms with Gasteiger partial charge in [-0.15, -0.1) is 0 Å². The van der Waals surface area contributed by atoms with Crippen LogP contribution in [0.1, 0.15) is 0 Å². The fourth-order valence-electron chi connectivity index (χ4n) is 6.02. The summed E-state index contributed by atoms with van der Waals surface area (Å²) in [6, 6.07) is 9.07. The number of halogens is 2. The van der Waals surface area contributed by atoms with Crippen LogP contribution in [0.2, 0.25) is 10.0 Å². The second kappa shape index (κ2) is 14.0. The Bertz CT molecular complexity index is 2220. The van der Waals surface area contributed by atoms with Crippen LogP contribution in [-0.4, -0.2) is 98.9 Å². The summed E-state index contributed by atoms with van der Waals surface area (Å²) in [6.45, 7) is 4.94. The van der Waals surface area contributed by atoms with Gasteiger partial charge in [-0.3, -0.25) is 14.2 Å². The molecule has 1 fully saturated rings. The third-order valence-electron chi connectivity index (χ3n) is 8.60. The van der Waals surface area contributed by atoms with Gasteiger partial charge in [-0.1, -0.05) is 29.8 Å². The quantitative estimate of drug-likeness (QED) is 0.182. The van der Waals surface area contributed by atoms with Crippen LogP contribution in [-0.2, 0) is 15.0 Å². The van der Waals surface area contributed by atoms with Crippen LogP contribution in [0.4, 0.5) is 11.4 Å². The number of carbonyl (C=O) groups excluding carboxylic acids is 1. The van der Waals surface area contributed by atoms with Crippen molar-refractivity contribution < 1.29 is 27.4 Å². The van der Waals surface area contributed by atoms with Crippen molar-refractivity contribution in [1.29, 1.82) is 0 Å². The third kappa shape index (κ3) is 6.18. The van der Waals surface area contributed by atoms with E-state index in [0.717, 1.165) is 10.9 Å². The van der Waals surface area contributed by atoms with Gasteiger partial charge in [-0.25, -0.2) is 4.98 Å². The number of nitrogens with zero attached hydrogens (tertiary/aromatic N) is 6. The first-order valence-electron chi connectivity index (χ1n) is 15.4. The van der Waals surface area contributed by atoms with E-state index in [4.69, 9.17) is 42.4 Å². The van der Waals surface area contributed by atoms with Gasteiger partial charge in [-0.05, 0) is 24.3 Å². The molecule has 0 unspecified atom stereocenters. The van der Waals surface area contributed by atoms with Gasteiger partial charge >= 0.3 is 0 Å². The Morgan fingerprint density at radius 1 is 0.920 bits per heavy atom. The van der Waals surface area contributed by atoms with Crippen LogP contribution in [0.5, 0.6) is 17.2 Å². The Labute approximate surface area is 299 Å². The molecule has 2 aromatic carbocycles. The number of imidazole rings is 1. The molecule has 0 spiro atoms. The number of pyridine rings is 2. The summed E-state index contributed by atoms with van der Waals surface area (Å²) in [6.07, 6.45) is 6.43. The topological polar surface area (TPSA) is 131 Å². The molecule has 0 bridgehead atoms. The van der Waals surface area contributed by atoms with E-state index in [1.54, 1.807) is 31.6 Å². The number of amides is 1. The van der Waals surface area contributed by atoms with Crippen molar-refractivity contribution >= 4 is 67.2 Å². The lowest BCUT2D eigenvalue weighted by atomic mass is 10.0. The maximum Gasteiger partial charge on any atom is 0.281 e.